The van der Waals surface area contributed by atoms with Gasteiger partial charge in [-0.1, -0.05) is 31.4 Å². The van der Waals surface area contributed by atoms with Crippen LogP contribution in [0.4, 0.5) is 0 Å². The Kier molecular flexibility index (Phi) is 6.25. The van der Waals surface area contributed by atoms with E-state index in [1.54, 1.807) is 12.1 Å². The molecule has 0 unspecified atom stereocenters. The summed E-state index contributed by atoms with van der Waals surface area (Å²) in [7, 11) is -3.59. The van der Waals surface area contributed by atoms with Crippen LogP contribution in [0.3, 0.4) is 0 Å². The first kappa shape index (κ1) is 19.6. The maximum atomic E-state index is 12.9. The molecule has 1 saturated heterocycles. The lowest BCUT2D eigenvalue weighted by molar-refractivity contribution is -0.127. The number of rotatable bonds is 4. The number of carbonyl (C=O) groups is 1. The third-order valence-corrected chi connectivity index (χ3v) is 7.78. The van der Waals surface area contributed by atoms with Crippen LogP contribution in [0.5, 0.6) is 0 Å². The molecule has 0 aromatic heterocycles. The Hall–Kier alpha value is -1.11. The molecule has 1 aliphatic carbocycles. The maximum absolute atomic E-state index is 12.9. The summed E-state index contributed by atoms with van der Waals surface area (Å²) >= 11 is 5.86. The minimum Gasteiger partial charge on any atom is -0.353 e. The standard InChI is InChI=1S/C19H27ClN2O3S/c1-14-5-2-3-7-18(14)21-19(23)15-6-4-12-22(13-15)26(24,25)17-10-8-16(20)9-11-17/h8-11,14-15,18H,2-7,12-13H2,1H3,(H,21,23)/t14-,15-,18+/m1/s1. The van der Waals surface area contributed by atoms with E-state index >= 15 is 0 Å². The molecule has 3 atom stereocenters. The second kappa shape index (κ2) is 8.28. The number of nitrogens with one attached hydrogen (secondary N) is 1. The first-order valence-corrected chi connectivity index (χ1v) is 11.3. The van der Waals surface area contributed by atoms with Gasteiger partial charge < -0.3 is 5.32 Å². The van der Waals surface area contributed by atoms with Crippen molar-refractivity contribution in [1.82, 2.24) is 9.62 Å². The van der Waals surface area contributed by atoms with Crippen molar-refractivity contribution >= 4 is 27.5 Å². The van der Waals surface area contributed by atoms with E-state index in [1.807, 2.05) is 0 Å². The number of carbonyl (C=O) groups excluding carboxylic acids is 1. The Morgan fingerprint density at radius 1 is 1.12 bits per heavy atom. The van der Waals surface area contributed by atoms with E-state index in [0.29, 0.717) is 23.9 Å². The molecule has 5 nitrogen and oxygen atoms in total. The number of sulfonamides is 1. The van der Waals surface area contributed by atoms with Crippen molar-refractivity contribution in [2.24, 2.45) is 11.8 Å². The third-order valence-electron chi connectivity index (χ3n) is 5.65. The second-order valence-corrected chi connectivity index (χ2v) is 9.91. The molecular weight excluding hydrogens is 372 g/mol. The number of hydrogen-bond donors (Lipinski definition) is 1. The zero-order valence-corrected chi connectivity index (χ0v) is 16.7. The average Bonchev–Trinajstić information content (AvgIpc) is 2.64. The zero-order valence-electron chi connectivity index (χ0n) is 15.2. The summed E-state index contributed by atoms with van der Waals surface area (Å²) < 4.78 is 27.2. The van der Waals surface area contributed by atoms with Crippen LogP contribution in [0.25, 0.3) is 0 Å². The molecule has 0 spiro atoms. The van der Waals surface area contributed by atoms with Crippen LogP contribution in [-0.2, 0) is 14.8 Å². The van der Waals surface area contributed by atoms with Crippen molar-refractivity contribution in [1.29, 1.82) is 0 Å². The number of benzene rings is 1. The van der Waals surface area contributed by atoms with Crippen LogP contribution in [0.1, 0.15) is 45.4 Å². The molecule has 2 fully saturated rings. The summed E-state index contributed by atoms with van der Waals surface area (Å²) in [6.07, 6.45) is 5.98. The monoisotopic (exact) mass is 398 g/mol. The molecule has 1 aromatic rings. The normalized spacial score (nSPS) is 27.8. The predicted molar refractivity (Wildman–Crippen MR) is 102 cm³/mol. The highest BCUT2D eigenvalue weighted by atomic mass is 35.5. The molecule has 1 heterocycles. The summed E-state index contributed by atoms with van der Waals surface area (Å²) in [4.78, 5) is 12.9. The number of halogens is 1. The quantitative estimate of drug-likeness (QED) is 0.844. The number of amides is 1. The topological polar surface area (TPSA) is 66.5 Å². The Labute approximate surface area is 161 Å². The van der Waals surface area contributed by atoms with Crippen molar-refractivity contribution in [3.05, 3.63) is 29.3 Å². The van der Waals surface area contributed by atoms with Gasteiger partial charge in [0.05, 0.1) is 10.8 Å². The van der Waals surface area contributed by atoms with Crippen LogP contribution < -0.4 is 5.32 Å². The summed E-state index contributed by atoms with van der Waals surface area (Å²) in [6.45, 7) is 2.88. The van der Waals surface area contributed by atoms with Crippen LogP contribution in [0, 0.1) is 11.8 Å². The summed E-state index contributed by atoms with van der Waals surface area (Å²) in [5.74, 6) is 0.213. The van der Waals surface area contributed by atoms with Crippen molar-refractivity contribution in [2.75, 3.05) is 13.1 Å². The van der Waals surface area contributed by atoms with Gasteiger partial charge in [-0.05, 0) is 55.9 Å². The molecule has 0 radical (unpaired) electrons. The Morgan fingerprint density at radius 2 is 1.81 bits per heavy atom. The zero-order chi connectivity index (χ0) is 18.7. The molecule has 26 heavy (non-hydrogen) atoms. The van der Waals surface area contributed by atoms with Gasteiger partial charge in [0, 0.05) is 24.2 Å². The van der Waals surface area contributed by atoms with Gasteiger partial charge in [0.15, 0.2) is 0 Å². The van der Waals surface area contributed by atoms with Gasteiger partial charge in [-0.15, -0.1) is 0 Å². The molecule has 2 aliphatic rings. The van der Waals surface area contributed by atoms with E-state index in [-0.39, 0.29) is 29.3 Å². The largest absolute Gasteiger partial charge is 0.353 e. The van der Waals surface area contributed by atoms with Gasteiger partial charge in [0.25, 0.3) is 0 Å². The number of hydrogen-bond acceptors (Lipinski definition) is 3. The van der Waals surface area contributed by atoms with Gasteiger partial charge >= 0.3 is 0 Å². The molecular formula is C19H27ClN2O3S. The van der Waals surface area contributed by atoms with Crippen molar-refractivity contribution in [2.45, 2.75) is 56.4 Å². The molecule has 1 aliphatic heterocycles. The molecule has 1 aromatic carbocycles. The maximum Gasteiger partial charge on any atom is 0.243 e. The molecule has 0 bridgehead atoms. The third kappa shape index (κ3) is 4.41. The fourth-order valence-corrected chi connectivity index (χ4v) is 5.61. The number of piperidine rings is 1. The smallest absolute Gasteiger partial charge is 0.243 e. The Bertz CT molecular complexity index is 736. The molecule has 1 saturated carbocycles. The van der Waals surface area contributed by atoms with Crippen LogP contribution in [0.2, 0.25) is 5.02 Å². The lowest BCUT2D eigenvalue weighted by atomic mass is 9.85. The van der Waals surface area contributed by atoms with Crippen LogP contribution >= 0.6 is 11.6 Å². The Balaban J connectivity index is 1.66. The highest BCUT2D eigenvalue weighted by molar-refractivity contribution is 7.89. The van der Waals surface area contributed by atoms with E-state index in [0.717, 1.165) is 25.7 Å². The van der Waals surface area contributed by atoms with Crippen LogP contribution in [-0.4, -0.2) is 37.8 Å². The number of nitrogens with zero attached hydrogens (tertiary/aromatic N) is 1. The predicted octanol–water partition coefficient (Wildman–Crippen LogP) is 3.44. The minimum atomic E-state index is -3.59. The molecule has 144 valence electrons. The summed E-state index contributed by atoms with van der Waals surface area (Å²) in [5.41, 5.74) is 0. The van der Waals surface area contributed by atoms with Gasteiger partial charge in [0.1, 0.15) is 0 Å². The van der Waals surface area contributed by atoms with Gasteiger partial charge in [-0.2, -0.15) is 4.31 Å². The van der Waals surface area contributed by atoms with Crippen LogP contribution in [0.15, 0.2) is 29.2 Å². The van der Waals surface area contributed by atoms with Gasteiger partial charge in [-0.3, -0.25) is 4.79 Å². The molecule has 7 heteroatoms. The van der Waals surface area contributed by atoms with E-state index in [1.165, 1.54) is 22.9 Å². The van der Waals surface area contributed by atoms with E-state index in [4.69, 9.17) is 11.6 Å². The summed E-state index contributed by atoms with van der Waals surface area (Å²) in [6, 6.07) is 6.41. The van der Waals surface area contributed by atoms with Crippen molar-refractivity contribution in [3.63, 3.8) is 0 Å². The first-order valence-electron chi connectivity index (χ1n) is 9.44. The lowest BCUT2D eigenvalue weighted by Gasteiger charge is -2.34. The van der Waals surface area contributed by atoms with Gasteiger partial charge in [0.2, 0.25) is 15.9 Å². The molecule has 1 N–H and O–H groups in total. The molecule has 1 amide bonds. The molecule has 3 rings (SSSR count). The highest BCUT2D eigenvalue weighted by Gasteiger charge is 2.34. The fraction of sp³-hybridized carbons (Fsp3) is 0.632. The second-order valence-electron chi connectivity index (χ2n) is 7.53. The summed E-state index contributed by atoms with van der Waals surface area (Å²) in [5, 5.41) is 3.68. The van der Waals surface area contributed by atoms with Crippen molar-refractivity contribution < 1.29 is 13.2 Å². The van der Waals surface area contributed by atoms with Crippen molar-refractivity contribution in [3.8, 4) is 0 Å². The first-order chi connectivity index (χ1) is 12.4. The SMILES string of the molecule is C[C@@H]1CCCC[C@@H]1NC(=O)[C@@H]1CCCN(S(=O)(=O)c2ccc(Cl)cc2)C1. The minimum absolute atomic E-state index is 0.000226. The van der Waals surface area contributed by atoms with E-state index in [2.05, 4.69) is 12.2 Å². The fourth-order valence-electron chi connectivity index (χ4n) is 3.96. The van der Waals surface area contributed by atoms with E-state index < -0.39 is 10.0 Å². The van der Waals surface area contributed by atoms with Gasteiger partial charge in [-0.25, -0.2) is 8.42 Å². The Morgan fingerprint density at radius 3 is 2.50 bits per heavy atom. The lowest BCUT2D eigenvalue weighted by Crippen LogP contribution is -2.49. The average molecular weight is 399 g/mol. The highest BCUT2D eigenvalue weighted by Crippen LogP contribution is 2.27. The van der Waals surface area contributed by atoms with E-state index in [9.17, 15) is 13.2 Å².